The lowest BCUT2D eigenvalue weighted by atomic mass is 10.1. The Morgan fingerprint density at radius 2 is 1.26 bits per heavy atom. The van der Waals surface area contributed by atoms with Crippen LogP contribution in [0, 0.1) is 6.92 Å². The third-order valence-corrected chi connectivity index (χ3v) is 3.15. The van der Waals surface area contributed by atoms with Gasteiger partial charge < -0.3 is 10.9 Å². The van der Waals surface area contributed by atoms with Crippen molar-refractivity contribution in [1.82, 2.24) is 0 Å². The molecule has 0 spiro atoms. The van der Waals surface area contributed by atoms with E-state index in [1.165, 1.54) is 16.3 Å². The molecule has 0 heterocycles. The molecule has 0 unspecified atom stereocenters. The van der Waals surface area contributed by atoms with Gasteiger partial charge in [0.15, 0.2) is 0 Å². The van der Waals surface area contributed by atoms with Gasteiger partial charge in [0.2, 0.25) is 0 Å². The summed E-state index contributed by atoms with van der Waals surface area (Å²) in [6.45, 7) is 2.08. The van der Waals surface area contributed by atoms with E-state index in [9.17, 15) is 0 Å². The van der Waals surface area contributed by atoms with Crippen LogP contribution in [0.1, 0.15) is 5.56 Å². The number of nitrogens with one attached hydrogen (secondary N) is 2. The largest absolute Gasteiger partial charge is 0.301 e. The number of aryl methyl sites for hydroxylation is 1. The quantitative estimate of drug-likeness (QED) is 0.662. The Kier molecular flexibility index (Phi) is 3.07. The van der Waals surface area contributed by atoms with Crippen LogP contribution in [0.15, 0.2) is 66.7 Å². The normalized spacial score (nSPS) is 10.4. The Labute approximate surface area is 113 Å². The fourth-order valence-corrected chi connectivity index (χ4v) is 2.05. The zero-order valence-corrected chi connectivity index (χ0v) is 10.9. The molecule has 0 bridgehead atoms. The smallest absolute Gasteiger partial charge is 0.0546 e. The second-order valence-corrected chi connectivity index (χ2v) is 4.68. The van der Waals surface area contributed by atoms with Gasteiger partial charge in [-0.15, -0.1) is 0 Å². The number of fused-ring (bicyclic) bond motifs is 1. The number of benzene rings is 3. The van der Waals surface area contributed by atoms with Crippen LogP contribution in [0.2, 0.25) is 0 Å². The zero-order valence-electron chi connectivity index (χ0n) is 10.9. The van der Waals surface area contributed by atoms with Crippen LogP contribution in [0.5, 0.6) is 0 Å². The summed E-state index contributed by atoms with van der Waals surface area (Å²) in [7, 11) is 0. The summed E-state index contributed by atoms with van der Waals surface area (Å²) in [4.78, 5) is 0. The number of hydrogen-bond acceptors (Lipinski definition) is 2. The molecule has 3 aromatic rings. The Morgan fingerprint density at radius 1 is 0.632 bits per heavy atom. The van der Waals surface area contributed by atoms with E-state index >= 15 is 0 Å². The van der Waals surface area contributed by atoms with Gasteiger partial charge in [-0.2, -0.15) is 0 Å². The first-order chi connectivity index (χ1) is 9.31. The highest BCUT2D eigenvalue weighted by Crippen LogP contribution is 2.19. The first kappa shape index (κ1) is 11.6. The maximum atomic E-state index is 3.22. The molecule has 0 aliphatic rings. The first-order valence-electron chi connectivity index (χ1n) is 6.39. The van der Waals surface area contributed by atoms with E-state index in [-0.39, 0.29) is 0 Å². The van der Waals surface area contributed by atoms with Gasteiger partial charge >= 0.3 is 0 Å². The highest BCUT2D eigenvalue weighted by molar-refractivity contribution is 5.85. The van der Waals surface area contributed by atoms with Gasteiger partial charge in [0.05, 0.1) is 11.4 Å². The van der Waals surface area contributed by atoms with Gasteiger partial charge in [0, 0.05) is 0 Å². The van der Waals surface area contributed by atoms with Gasteiger partial charge in [-0.3, -0.25) is 0 Å². The van der Waals surface area contributed by atoms with Crippen molar-refractivity contribution in [3.05, 3.63) is 72.3 Å². The lowest BCUT2D eigenvalue weighted by Gasteiger charge is -2.10. The molecule has 19 heavy (non-hydrogen) atoms. The molecule has 2 N–H and O–H groups in total. The standard InChI is InChI=1S/C17H16N2/c1-13-6-9-16(10-7-13)18-19-17-11-8-14-4-2-3-5-15(14)12-17/h2-12,18-19H,1H3. The molecule has 0 aromatic heterocycles. The highest BCUT2D eigenvalue weighted by atomic mass is 15.4. The number of anilines is 2. The minimum atomic E-state index is 1.05. The third kappa shape index (κ3) is 2.68. The average molecular weight is 248 g/mol. The van der Waals surface area contributed by atoms with Gasteiger partial charge in [-0.05, 0) is 42.0 Å². The summed E-state index contributed by atoms with van der Waals surface area (Å²) in [5, 5.41) is 2.49. The molecule has 94 valence electrons. The summed E-state index contributed by atoms with van der Waals surface area (Å²) >= 11 is 0. The van der Waals surface area contributed by atoms with Crippen molar-refractivity contribution in [1.29, 1.82) is 0 Å². The van der Waals surface area contributed by atoms with Gasteiger partial charge in [-0.1, -0.05) is 48.0 Å². The van der Waals surface area contributed by atoms with Crippen molar-refractivity contribution in [3.8, 4) is 0 Å². The van der Waals surface area contributed by atoms with Crippen molar-refractivity contribution in [2.75, 3.05) is 10.9 Å². The second kappa shape index (κ2) is 5.02. The molecular formula is C17H16N2. The van der Waals surface area contributed by atoms with Crippen LogP contribution < -0.4 is 10.9 Å². The molecule has 2 nitrogen and oxygen atoms in total. The van der Waals surface area contributed by atoms with Crippen molar-refractivity contribution in [3.63, 3.8) is 0 Å². The summed E-state index contributed by atoms with van der Waals surface area (Å²) < 4.78 is 0. The molecule has 0 amide bonds. The first-order valence-corrected chi connectivity index (χ1v) is 6.39. The summed E-state index contributed by atoms with van der Waals surface area (Å²) in [6.07, 6.45) is 0. The third-order valence-electron chi connectivity index (χ3n) is 3.15. The minimum absolute atomic E-state index is 1.05. The van der Waals surface area contributed by atoms with Crippen molar-refractivity contribution in [2.24, 2.45) is 0 Å². The predicted molar refractivity (Wildman–Crippen MR) is 82.4 cm³/mol. The summed E-state index contributed by atoms with van der Waals surface area (Å²) in [6, 6.07) is 23.0. The van der Waals surface area contributed by atoms with Crippen LogP contribution in [0.3, 0.4) is 0 Å². The molecule has 0 fully saturated rings. The van der Waals surface area contributed by atoms with E-state index < -0.39 is 0 Å². The molecule has 0 atom stereocenters. The Bertz CT molecular complexity index is 687. The maximum Gasteiger partial charge on any atom is 0.0546 e. The number of hydrazine groups is 1. The van der Waals surface area contributed by atoms with Crippen LogP contribution in [0.4, 0.5) is 11.4 Å². The van der Waals surface area contributed by atoms with Crippen molar-refractivity contribution in [2.45, 2.75) is 6.92 Å². The average Bonchev–Trinajstić information content (AvgIpc) is 2.46. The van der Waals surface area contributed by atoms with E-state index in [4.69, 9.17) is 0 Å². The van der Waals surface area contributed by atoms with E-state index in [2.05, 4.69) is 84.5 Å². The molecule has 0 aliphatic carbocycles. The molecule has 0 saturated heterocycles. The van der Waals surface area contributed by atoms with Gasteiger partial charge in [-0.25, -0.2) is 0 Å². The zero-order chi connectivity index (χ0) is 13.1. The summed E-state index contributed by atoms with van der Waals surface area (Å²) in [5.41, 5.74) is 9.80. The van der Waals surface area contributed by atoms with Crippen LogP contribution >= 0.6 is 0 Å². The molecule has 2 heteroatoms. The van der Waals surface area contributed by atoms with Crippen LogP contribution in [-0.4, -0.2) is 0 Å². The molecule has 0 saturated carbocycles. The van der Waals surface area contributed by atoms with Crippen LogP contribution in [-0.2, 0) is 0 Å². The lowest BCUT2D eigenvalue weighted by molar-refractivity contribution is 1.39. The second-order valence-electron chi connectivity index (χ2n) is 4.68. The highest BCUT2D eigenvalue weighted by Gasteiger charge is 1.95. The summed E-state index contributed by atoms with van der Waals surface area (Å²) in [5.74, 6) is 0. The number of rotatable bonds is 3. The van der Waals surface area contributed by atoms with Crippen LogP contribution in [0.25, 0.3) is 10.8 Å². The monoisotopic (exact) mass is 248 g/mol. The minimum Gasteiger partial charge on any atom is -0.301 e. The Hall–Kier alpha value is -2.48. The number of hydrogen-bond donors (Lipinski definition) is 2. The Morgan fingerprint density at radius 3 is 2.05 bits per heavy atom. The molecular weight excluding hydrogens is 232 g/mol. The SMILES string of the molecule is Cc1ccc(NNc2ccc3ccccc3c2)cc1. The van der Waals surface area contributed by atoms with Crippen molar-refractivity contribution >= 4 is 22.1 Å². The molecule has 0 radical (unpaired) electrons. The lowest BCUT2D eigenvalue weighted by Crippen LogP contribution is -2.08. The van der Waals surface area contributed by atoms with E-state index in [0.29, 0.717) is 0 Å². The molecule has 3 aromatic carbocycles. The van der Waals surface area contributed by atoms with Gasteiger partial charge in [0.25, 0.3) is 0 Å². The molecule has 0 aliphatic heterocycles. The van der Waals surface area contributed by atoms with Crippen molar-refractivity contribution < 1.29 is 0 Å². The molecule has 3 rings (SSSR count). The van der Waals surface area contributed by atoms with E-state index in [1.54, 1.807) is 0 Å². The Balaban J connectivity index is 1.76. The fraction of sp³-hybridized carbons (Fsp3) is 0.0588. The maximum absolute atomic E-state index is 3.22. The fourth-order valence-electron chi connectivity index (χ4n) is 2.05. The van der Waals surface area contributed by atoms with E-state index in [1.807, 2.05) is 0 Å². The predicted octanol–water partition coefficient (Wildman–Crippen LogP) is 4.59. The van der Waals surface area contributed by atoms with Gasteiger partial charge in [0.1, 0.15) is 0 Å². The van der Waals surface area contributed by atoms with E-state index in [0.717, 1.165) is 11.4 Å². The topological polar surface area (TPSA) is 24.1 Å².